The SMILES string of the molecule is Cn1nc(-n2cc(C(N)=S)cn2)cc1OC(F)F. The molecule has 0 saturated carbocycles. The topological polar surface area (TPSA) is 70.9 Å². The molecule has 6 nitrogen and oxygen atoms in total. The lowest BCUT2D eigenvalue weighted by atomic mass is 10.4. The van der Waals surface area contributed by atoms with E-state index in [1.165, 1.54) is 28.7 Å². The number of hydrogen-bond acceptors (Lipinski definition) is 4. The number of aryl methyl sites for hydroxylation is 1. The number of aromatic nitrogens is 4. The highest BCUT2D eigenvalue weighted by Gasteiger charge is 2.13. The van der Waals surface area contributed by atoms with Gasteiger partial charge in [0, 0.05) is 24.9 Å². The standard InChI is InChI=1S/C9H9F2N5OS/c1-15-7(17-9(10)11)2-6(14-15)16-4-5(3-13-16)8(12)18/h2-4,9H,1H3,(H2,12,18). The maximum absolute atomic E-state index is 12.1. The van der Waals surface area contributed by atoms with Crippen LogP contribution in [0.1, 0.15) is 5.56 Å². The molecule has 0 spiro atoms. The highest BCUT2D eigenvalue weighted by atomic mass is 32.1. The largest absolute Gasteiger partial charge is 0.417 e. The molecule has 0 amide bonds. The van der Waals surface area contributed by atoms with E-state index in [9.17, 15) is 8.78 Å². The fraction of sp³-hybridized carbons (Fsp3) is 0.222. The van der Waals surface area contributed by atoms with E-state index in [2.05, 4.69) is 14.9 Å². The summed E-state index contributed by atoms with van der Waals surface area (Å²) in [5, 5.41) is 7.95. The molecule has 9 heteroatoms. The van der Waals surface area contributed by atoms with E-state index in [1.54, 1.807) is 6.20 Å². The van der Waals surface area contributed by atoms with Crippen molar-refractivity contribution in [1.29, 1.82) is 0 Å². The Kier molecular flexibility index (Phi) is 3.24. The van der Waals surface area contributed by atoms with Gasteiger partial charge in [0.2, 0.25) is 5.88 Å². The molecule has 2 heterocycles. The molecule has 0 radical (unpaired) electrons. The predicted octanol–water partition coefficient (Wildman–Crippen LogP) is 0.841. The quantitative estimate of drug-likeness (QED) is 0.836. The van der Waals surface area contributed by atoms with E-state index in [0.29, 0.717) is 11.4 Å². The van der Waals surface area contributed by atoms with Gasteiger partial charge in [-0.2, -0.15) is 13.9 Å². The highest BCUT2D eigenvalue weighted by Crippen LogP contribution is 2.17. The van der Waals surface area contributed by atoms with Crippen molar-refractivity contribution in [2.75, 3.05) is 0 Å². The second-order valence-electron chi connectivity index (χ2n) is 3.38. The van der Waals surface area contributed by atoms with Crippen molar-refractivity contribution in [2.24, 2.45) is 12.8 Å². The zero-order chi connectivity index (χ0) is 13.3. The fourth-order valence-corrected chi connectivity index (χ4v) is 1.43. The lowest BCUT2D eigenvalue weighted by molar-refractivity contribution is -0.0553. The van der Waals surface area contributed by atoms with E-state index in [4.69, 9.17) is 18.0 Å². The van der Waals surface area contributed by atoms with E-state index in [0.717, 1.165) is 0 Å². The van der Waals surface area contributed by atoms with Gasteiger partial charge in [-0.05, 0) is 0 Å². The Balaban J connectivity index is 2.30. The van der Waals surface area contributed by atoms with Gasteiger partial charge in [-0.15, -0.1) is 5.10 Å². The predicted molar refractivity (Wildman–Crippen MR) is 62.8 cm³/mol. The molecule has 0 atom stereocenters. The molecule has 2 aromatic heterocycles. The first-order chi connectivity index (χ1) is 8.47. The second-order valence-corrected chi connectivity index (χ2v) is 3.82. The zero-order valence-electron chi connectivity index (χ0n) is 9.25. The van der Waals surface area contributed by atoms with Gasteiger partial charge in [-0.1, -0.05) is 12.2 Å². The number of ether oxygens (including phenoxy) is 1. The van der Waals surface area contributed by atoms with Gasteiger partial charge in [-0.25, -0.2) is 9.36 Å². The first-order valence-electron chi connectivity index (χ1n) is 4.81. The summed E-state index contributed by atoms with van der Waals surface area (Å²) in [5.74, 6) is 0.267. The summed E-state index contributed by atoms with van der Waals surface area (Å²) in [6, 6.07) is 1.34. The number of nitrogens with zero attached hydrogens (tertiary/aromatic N) is 4. The Morgan fingerprint density at radius 2 is 2.28 bits per heavy atom. The average Bonchev–Trinajstić information content (AvgIpc) is 2.85. The van der Waals surface area contributed by atoms with Crippen molar-refractivity contribution >= 4 is 17.2 Å². The van der Waals surface area contributed by atoms with Crippen LogP contribution in [0.5, 0.6) is 5.88 Å². The van der Waals surface area contributed by atoms with Crippen LogP contribution in [0.25, 0.3) is 5.82 Å². The van der Waals surface area contributed by atoms with Crippen molar-refractivity contribution in [3.8, 4) is 11.7 Å². The molecule has 0 aliphatic heterocycles. The summed E-state index contributed by atoms with van der Waals surface area (Å²) in [6.45, 7) is -2.90. The smallest absolute Gasteiger partial charge is 0.388 e. The molecule has 0 bridgehead atoms. The number of nitrogens with two attached hydrogens (primary N) is 1. The number of alkyl halides is 2. The minimum Gasteiger partial charge on any atom is -0.417 e. The van der Waals surface area contributed by atoms with Gasteiger partial charge in [-0.3, -0.25) is 0 Å². The summed E-state index contributed by atoms with van der Waals surface area (Å²) in [7, 11) is 1.49. The van der Waals surface area contributed by atoms with Crippen molar-refractivity contribution in [3.05, 3.63) is 24.0 Å². The van der Waals surface area contributed by atoms with Crippen LogP contribution in [0.15, 0.2) is 18.5 Å². The van der Waals surface area contributed by atoms with Crippen LogP contribution in [0.4, 0.5) is 8.78 Å². The zero-order valence-corrected chi connectivity index (χ0v) is 10.1. The van der Waals surface area contributed by atoms with Crippen LogP contribution >= 0.6 is 12.2 Å². The van der Waals surface area contributed by atoms with Gasteiger partial charge in [0.05, 0.1) is 6.20 Å². The number of rotatable bonds is 4. The first kappa shape index (κ1) is 12.4. The van der Waals surface area contributed by atoms with Gasteiger partial charge < -0.3 is 10.5 Å². The van der Waals surface area contributed by atoms with E-state index in [-0.39, 0.29) is 10.9 Å². The number of halogens is 2. The molecule has 96 valence electrons. The fourth-order valence-electron chi connectivity index (χ4n) is 1.32. The third-order valence-corrected chi connectivity index (χ3v) is 2.37. The lowest BCUT2D eigenvalue weighted by Crippen LogP contribution is -2.07. The van der Waals surface area contributed by atoms with Crippen LogP contribution in [0.2, 0.25) is 0 Å². The summed E-state index contributed by atoms with van der Waals surface area (Å²) < 4.78 is 31.0. The molecule has 0 aliphatic rings. The number of hydrogen-bond donors (Lipinski definition) is 1. The Morgan fingerprint density at radius 3 is 2.83 bits per heavy atom. The monoisotopic (exact) mass is 273 g/mol. The lowest BCUT2D eigenvalue weighted by Gasteiger charge is -2.01. The third-order valence-electron chi connectivity index (χ3n) is 2.14. The third kappa shape index (κ3) is 2.45. The molecule has 2 aromatic rings. The van der Waals surface area contributed by atoms with Crippen LogP contribution in [0.3, 0.4) is 0 Å². The molecule has 0 aliphatic carbocycles. The van der Waals surface area contributed by atoms with E-state index < -0.39 is 6.61 Å². The van der Waals surface area contributed by atoms with Gasteiger partial charge >= 0.3 is 6.61 Å². The summed E-state index contributed by atoms with van der Waals surface area (Å²) in [5.41, 5.74) is 6.00. The molecular formula is C9H9F2N5OS. The molecule has 0 aromatic carbocycles. The van der Waals surface area contributed by atoms with E-state index in [1.807, 2.05) is 0 Å². The van der Waals surface area contributed by atoms with Crippen LogP contribution in [-0.2, 0) is 7.05 Å². The van der Waals surface area contributed by atoms with Gasteiger partial charge in [0.15, 0.2) is 5.82 Å². The van der Waals surface area contributed by atoms with Crippen LogP contribution in [0, 0.1) is 0 Å². The molecular weight excluding hydrogens is 264 g/mol. The Bertz CT molecular complexity index is 579. The molecule has 0 fully saturated rings. The summed E-state index contributed by atoms with van der Waals surface area (Å²) >= 11 is 4.79. The normalized spacial score (nSPS) is 10.9. The van der Waals surface area contributed by atoms with Crippen molar-refractivity contribution < 1.29 is 13.5 Å². The van der Waals surface area contributed by atoms with Crippen LogP contribution < -0.4 is 10.5 Å². The first-order valence-corrected chi connectivity index (χ1v) is 5.22. The minimum atomic E-state index is -2.90. The van der Waals surface area contributed by atoms with Gasteiger partial charge in [0.25, 0.3) is 0 Å². The Hall–Kier alpha value is -2.03. The maximum Gasteiger partial charge on any atom is 0.388 e. The van der Waals surface area contributed by atoms with Crippen LogP contribution in [-0.4, -0.2) is 31.2 Å². The Morgan fingerprint density at radius 1 is 1.56 bits per heavy atom. The molecule has 18 heavy (non-hydrogen) atoms. The van der Waals surface area contributed by atoms with Crippen molar-refractivity contribution in [2.45, 2.75) is 6.61 Å². The molecule has 0 unspecified atom stereocenters. The average molecular weight is 273 g/mol. The Labute approximate surface area is 106 Å². The summed E-state index contributed by atoms with van der Waals surface area (Å²) in [4.78, 5) is 0.196. The molecule has 2 N–H and O–H groups in total. The minimum absolute atomic E-state index is 0.0626. The molecule has 0 saturated heterocycles. The van der Waals surface area contributed by atoms with E-state index >= 15 is 0 Å². The molecule has 2 rings (SSSR count). The summed E-state index contributed by atoms with van der Waals surface area (Å²) in [6.07, 6.45) is 3.02. The maximum atomic E-state index is 12.1. The van der Waals surface area contributed by atoms with Gasteiger partial charge in [0.1, 0.15) is 4.99 Å². The second kappa shape index (κ2) is 4.69. The van der Waals surface area contributed by atoms with Crippen molar-refractivity contribution in [3.63, 3.8) is 0 Å². The van der Waals surface area contributed by atoms with Crippen molar-refractivity contribution in [1.82, 2.24) is 19.6 Å². The highest BCUT2D eigenvalue weighted by molar-refractivity contribution is 7.80. The number of thiocarbonyl (C=S) groups is 1.